The van der Waals surface area contributed by atoms with Gasteiger partial charge in [0, 0.05) is 43.4 Å². The summed E-state index contributed by atoms with van der Waals surface area (Å²) in [5.41, 5.74) is 0. The Morgan fingerprint density at radius 1 is 1.30 bits per heavy atom. The van der Waals surface area contributed by atoms with Crippen molar-refractivity contribution < 1.29 is 4.79 Å². The molecule has 1 heterocycles. The molecule has 0 spiro atoms. The number of rotatable bonds is 7. The molecule has 0 saturated carbocycles. The second-order valence-electron chi connectivity index (χ2n) is 5.64. The smallest absolute Gasteiger partial charge is 0.237 e. The molecule has 1 N–H and O–H groups in total. The summed E-state index contributed by atoms with van der Waals surface area (Å²) in [7, 11) is 0. The van der Waals surface area contributed by atoms with Gasteiger partial charge in [0.1, 0.15) is 0 Å². The number of hydrogen-bond donors (Lipinski definition) is 1. The summed E-state index contributed by atoms with van der Waals surface area (Å²) in [5, 5.41) is 2.76. The lowest BCUT2D eigenvalue weighted by Gasteiger charge is -2.37. The number of carbonyl (C=O) groups is 1. The lowest BCUT2D eigenvalue weighted by molar-refractivity contribution is -0.126. The molecule has 1 aliphatic heterocycles. The van der Waals surface area contributed by atoms with Gasteiger partial charge in [-0.05, 0) is 19.1 Å². The minimum atomic E-state index is -0.107. The molecular weight excluding hydrogens is 306 g/mol. The van der Waals surface area contributed by atoms with E-state index in [2.05, 4.69) is 45.3 Å². The predicted octanol–water partition coefficient (Wildman–Crippen LogP) is 1.53. The second-order valence-corrected chi connectivity index (χ2v) is 6.81. The van der Waals surface area contributed by atoms with E-state index in [1.165, 1.54) is 4.90 Å². The third-order valence-electron chi connectivity index (χ3n) is 4.12. The van der Waals surface area contributed by atoms with E-state index in [0.717, 1.165) is 38.5 Å². The van der Waals surface area contributed by atoms with Crippen LogP contribution in [0.5, 0.6) is 0 Å². The number of piperazine rings is 1. The van der Waals surface area contributed by atoms with Crippen molar-refractivity contribution in [3.63, 3.8) is 0 Å². The predicted molar refractivity (Wildman–Crippen MR) is 96.5 cm³/mol. The van der Waals surface area contributed by atoms with Gasteiger partial charge in [-0.25, -0.2) is 0 Å². The Morgan fingerprint density at radius 2 is 2.00 bits per heavy atom. The van der Waals surface area contributed by atoms with Crippen LogP contribution in [0.2, 0.25) is 0 Å². The van der Waals surface area contributed by atoms with E-state index < -0.39 is 0 Å². The average Bonchev–Trinajstić information content (AvgIpc) is 2.60. The maximum Gasteiger partial charge on any atom is 0.237 e. The molecule has 1 fully saturated rings. The van der Waals surface area contributed by atoms with Gasteiger partial charge >= 0.3 is 0 Å². The van der Waals surface area contributed by atoms with Crippen molar-refractivity contribution in [2.24, 2.45) is 0 Å². The van der Waals surface area contributed by atoms with Crippen LogP contribution in [0.25, 0.3) is 0 Å². The van der Waals surface area contributed by atoms with E-state index in [1.54, 1.807) is 0 Å². The molecule has 1 amide bonds. The lowest BCUT2D eigenvalue weighted by atomic mass is 10.2. The molecule has 5 heteroatoms. The van der Waals surface area contributed by atoms with Crippen LogP contribution >= 0.6 is 11.8 Å². The molecule has 23 heavy (non-hydrogen) atoms. The maximum atomic E-state index is 11.9. The van der Waals surface area contributed by atoms with Gasteiger partial charge in [-0.3, -0.25) is 14.6 Å². The van der Waals surface area contributed by atoms with Crippen LogP contribution in [-0.4, -0.2) is 66.8 Å². The van der Waals surface area contributed by atoms with Gasteiger partial charge in [0.05, 0.1) is 12.6 Å². The Bertz CT molecular complexity index is 521. The first-order chi connectivity index (χ1) is 11.2. The highest BCUT2D eigenvalue weighted by Gasteiger charge is 2.24. The summed E-state index contributed by atoms with van der Waals surface area (Å²) in [6.45, 7) is 7.24. The van der Waals surface area contributed by atoms with Gasteiger partial charge in [0.15, 0.2) is 0 Å². The minimum absolute atomic E-state index is 0.0241. The van der Waals surface area contributed by atoms with E-state index in [1.807, 2.05) is 24.8 Å². The zero-order valence-electron chi connectivity index (χ0n) is 13.7. The van der Waals surface area contributed by atoms with Crippen LogP contribution < -0.4 is 5.32 Å². The number of thioether (sulfide) groups is 1. The molecule has 124 valence electrons. The first-order valence-electron chi connectivity index (χ1n) is 8.06. The van der Waals surface area contributed by atoms with Crippen LogP contribution in [0, 0.1) is 12.3 Å². The topological polar surface area (TPSA) is 35.6 Å². The fourth-order valence-electron chi connectivity index (χ4n) is 2.64. The largest absolute Gasteiger partial charge is 0.344 e. The van der Waals surface area contributed by atoms with Crippen molar-refractivity contribution in [1.82, 2.24) is 15.1 Å². The molecule has 0 aliphatic carbocycles. The third-order valence-corrected chi connectivity index (χ3v) is 5.11. The van der Waals surface area contributed by atoms with E-state index >= 15 is 0 Å². The molecule has 1 aromatic rings. The van der Waals surface area contributed by atoms with Crippen molar-refractivity contribution in [2.75, 3.05) is 45.0 Å². The van der Waals surface area contributed by atoms with E-state index in [-0.39, 0.29) is 11.9 Å². The van der Waals surface area contributed by atoms with E-state index in [9.17, 15) is 4.79 Å². The second kappa shape index (κ2) is 9.61. The molecule has 2 rings (SSSR count). The summed E-state index contributed by atoms with van der Waals surface area (Å²) in [4.78, 5) is 18.0. The Kier molecular flexibility index (Phi) is 7.47. The molecule has 0 bridgehead atoms. The Hall–Kier alpha value is -1.48. The normalized spacial score (nSPS) is 17.4. The quantitative estimate of drug-likeness (QED) is 0.607. The van der Waals surface area contributed by atoms with Gasteiger partial charge in [-0.1, -0.05) is 24.1 Å². The van der Waals surface area contributed by atoms with Crippen LogP contribution in [0.3, 0.4) is 0 Å². The Labute approximate surface area is 143 Å². The average molecular weight is 331 g/mol. The molecule has 0 radical (unpaired) electrons. The third kappa shape index (κ3) is 5.91. The number of benzene rings is 1. The molecule has 1 atom stereocenters. The zero-order valence-corrected chi connectivity index (χ0v) is 14.5. The van der Waals surface area contributed by atoms with Gasteiger partial charge in [-0.15, -0.1) is 18.2 Å². The first kappa shape index (κ1) is 17.9. The highest BCUT2D eigenvalue weighted by atomic mass is 32.2. The number of terminal acetylenes is 1. The molecule has 4 nitrogen and oxygen atoms in total. The highest BCUT2D eigenvalue weighted by molar-refractivity contribution is 7.99. The number of nitrogens with one attached hydrogen (secondary N) is 1. The van der Waals surface area contributed by atoms with Crippen LogP contribution in [0.15, 0.2) is 35.2 Å². The van der Waals surface area contributed by atoms with Crippen LogP contribution in [0.4, 0.5) is 0 Å². The first-order valence-corrected chi connectivity index (χ1v) is 9.04. The van der Waals surface area contributed by atoms with Gasteiger partial charge in [0.25, 0.3) is 0 Å². The Morgan fingerprint density at radius 3 is 2.65 bits per heavy atom. The van der Waals surface area contributed by atoms with Gasteiger partial charge < -0.3 is 5.32 Å². The summed E-state index contributed by atoms with van der Waals surface area (Å²) >= 11 is 1.90. The maximum absolute atomic E-state index is 11.9. The lowest BCUT2D eigenvalue weighted by Crippen LogP contribution is -2.54. The molecule has 1 aliphatic rings. The number of nitrogens with zero attached hydrogens (tertiary/aromatic N) is 2. The number of amides is 1. The summed E-state index contributed by atoms with van der Waals surface area (Å²) in [6, 6.07) is 10.4. The molecule has 1 aromatic carbocycles. The number of hydrogen-bond acceptors (Lipinski definition) is 4. The summed E-state index contributed by atoms with van der Waals surface area (Å²) < 4.78 is 0. The van der Waals surface area contributed by atoms with Crippen molar-refractivity contribution >= 4 is 17.7 Å². The standard InChI is InChI=1S/C18H25N3OS/c1-3-9-19-18(22)16(2)21-12-10-20(11-13-21)14-15-23-17-7-5-4-6-8-17/h1,4-8,16H,9-15H2,2H3,(H,19,22)/t16-/m0/s1. The Balaban J connectivity index is 1.65. The fraction of sp³-hybridized carbons (Fsp3) is 0.500. The SMILES string of the molecule is C#CCNC(=O)[C@H](C)N1CCN(CCSc2ccccc2)CC1. The molecule has 0 unspecified atom stereocenters. The van der Waals surface area contributed by atoms with Crippen LogP contribution in [0.1, 0.15) is 6.92 Å². The highest BCUT2D eigenvalue weighted by Crippen LogP contribution is 2.17. The molecular formula is C18H25N3OS. The minimum Gasteiger partial charge on any atom is -0.344 e. The fourth-order valence-corrected chi connectivity index (χ4v) is 3.57. The monoisotopic (exact) mass is 331 g/mol. The van der Waals surface area contributed by atoms with Crippen molar-refractivity contribution in [3.8, 4) is 12.3 Å². The molecule has 1 saturated heterocycles. The van der Waals surface area contributed by atoms with E-state index in [4.69, 9.17) is 6.42 Å². The number of carbonyl (C=O) groups excluding carboxylic acids is 1. The molecule has 0 aromatic heterocycles. The van der Waals surface area contributed by atoms with Crippen molar-refractivity contribution in [2.45, 2.75) is 17.9 Å². The summed E-state index contributed by atoms with van der Waals surface area (Å²) in [5.74, 6) is 3.56. The van der Waals surface area contributed by atoms with Crippen LogP contribution in [-0.2, 0) is 4.79 Å². The van der Waals surface area contributed by atoms with Crippen molar-refractivity contribution in [1.29, 1.82) is 0 Å². The summed E-state index contributed by atoms with van der Waals surface area (Å²) in [6.07, 6.45) is 5.18. The van der Waals surface area contributed by atoms with E-state index in [0.29, 0.717) is 6.54 Å². The van der Waals surface area contributed by atoms with Gasteiger partial charge in [-0.2, -0.15) is 0 Å². The zero-order chi connectivity index (χ0) is 16.5. The van der Waals surface area contributed by atoms with Gasteiger partial charge in [0.2, 0.25) is 5.91 Å². The van der Waals surface area contributed by atoms with Crippen molar-refractivity contribution in [3.05, 3.63) is 30.3 Å².